The number of ether oxygens (including phenoxy) is 1. The molecule has 2 aliphatic heterocycles. The monoisotopic (exact) mass is 1100 g/mol. The summed E-state index contributed by atoms with van der Waals surface area (Å²) in [6.45, 7) is 20.6. The van der Waals surface area contributed by atoms with E-state index in [-0.39, 0.29) is 38.1 Å². The number of likely N-dealkylation sites (N-methyl/N-ethyl adjacent to an activating group) is 4. The molecule has 2 heterocycles. The lowest BCUT2D eigenvalue weighted by molar-refractivity contribution is -0.177. The predicted molar refractivity (Wildman–Crippen MR) is 301 cm³/mol. The van der Waals surface area contributed by atoms with Gasteiger partial charge in [0.05, 0.1) is 5.60 Å². The zero-order chi connectivity index (χ0) is 59.4. The fourth-order valence-corrected chi connectivity index (χ4v) is 11.0. The lowest BCUT2D eigenvalue weighted by Gasteiger charge is -2.39. The Labute approximate surface area is 469 Å². The van der Waals surface area contributed by atoms with Crippen LogP contribution in [-0.2, 0) is 60.7 Å². The molecule has 8 amide bonds. The summed E-state index contributed by atoms with van der Waals surface area (Å²) in [7, 11) is 5.67. The summed E-state index contributed by atoms with van der Waals surface area (Å²) in [5.74, 6) is -8.65. The van der Waals surface area contributed by atoms with Crippen LogP contribution >= 0.6 is 0 Å². The Balaban J connectivity index is 1.98. The first kappa shape index (κ1) is 65.2. The number of nitrogens with zero attached hydrogens (tertiary/aromatic N) is 5. The van der Waals surface area contributed by atoms with Crippen LogP contribution in [0.3, 0.4) is 0 Å². The van der Waals surface area contributed by atoms with E-state index >= 15 is 9.59 Å². The third-order valence-corrected chi connectivity index (χ3v) is 15.8. The van der Waals surface area contributed by atoms with Gasteiger partial charge in [-0.15, -0.1) is 0 Å². The van der Waals surface area contributed by atoms with E-state index < -0.39 is 137 Å². The number of benzene rings is 2. The molecule has 79 heavy (non-hydrogen) atoms. The van der Waals surface area contributed by atoms with Crippen molar-refractivity contribution in [1.82, 2.24) is 40.4 Å². The minimum absolute atomic E-state index is 0.00676. The maximum Gasteiger partial charge on any atom is 0.332 e. The van der Waals surface area contributed by atoms with Gasteiger partial charge in [-0.05, 0) is 74.3 Å². The van der Waals surface area contributed by atoms with Crippen molar-refractivity contribution in [3.05, 3.63) is 71.8 Å². The van der Waals surface area contributed by atoms with Crippen LogP contribution in [0.5, 0.6) is 0 Å². The van der Waals surface area contributed by atoms with Crippen molar-refractivity contribution in [3.8, 4) is 0 Å². The molecular weight excluding hydrogens is 1010 g/mol. The number of nitrogens with one attached hydrogen (secondary N) is 3. The van der Waals surface area contributed by atoms with Crippen molar-refractivity contribution in [2.45, 2.75) is 188 Å². The van der Waals surface area contributed by atoms with Gasteiger partial charge in [-0.25, -0.2) is 4.79 Å². The van der Waals surface area contributed by atoms with E-state index in [2.05, 4.69) is 16.0 Å². The Hall–Kier alpha value is -6.37. The first-order valence-electron chi connectivity index (χ1n) is 28.3. The summed E-state index contributed by atoms with van der Waals surface area (Å²) in [5, 5.41) is 20.5. The zero-order valence-electron chi connectivity index (χ0n) is 49.8. The van der Waals surface area contributed by atoms with Crippen LogP contribution in [0, 0.1) is 29.6 Å². The maximum atomic E-state index is 15.3. The minimum Gasteiger partial charge on any atom is -0.450 e. The molecule has 19 nitrogen and oxygen atoms in total. The Morgan fingerprint density at radius 3 is 1.54 bits per heavy atom. The molecule has 0 bridgehead atoms. The Morgan fingerprint density at radius 2 is 1.06 bits per heavy atom. The van der Waals surface area contributed by atoms with Crippen LogP contribution in [0.15, 0.2) is 60.7 Å². The van der Waals surface area contributed by atoms with Gasteiger partial charge in [-0.3, -0.25) is 38.4 Å². The van der Waals surface area contributed by atoms with E-state index in [4.69, 9.17) is 4.74 Å². The van der Waals surface area contributed by atoms with Crippen molar-refractivity contribution in [1.29, 1.82) is 0 Å². The number of cyclic esters (lactones) is 1. The van der Waals surface area contributed by atoms with E-state index in [9.17, 15) is 38.7 Å². The first-order chi connectivity index (χ1) is 37.0. The number of hydrogen-bond acceptors (Lipinski definition) is 11. The third kappa shape index (κ3) is 16.4. The zero-order valence-corrected chi connectivity index (χ0v) is 49.8. The van der Waals surface area contributed by atoms with Gasteiger partial charge >= 0.3 is 5.97 Å². The Morgan fingerprint density at radius 1 is 0.582 bits per heavy atom. The fourth-order valence-electron chi connectivity index (χ4n) is 11.0. The summed E-state index contributed by atoms with van der Waals surface area (Å²) in [6.07, 6.45) is 0.101. The SMILES string of the molecule is CC[C@@H](C)[C@@H]1NC(=O)[C@H]2CCCN2C(=O)[C@H](Cc2ccccc2)N(C)C(=O)[C@H](Cc2ccccc2)NC(=O)[C@H](C(C)C)N(C)C(=O)[C@@H]([C@H](C)CC)OC(=O)[C@H](C(C)(C)O)N(C)C(=O)[C@H](CC(C)C)NC(=O)[C@H](C(C)C)N(C)C1=O. The Bertz CT molecular complexity index is 2430. The smallest absolute Gasteiger partial charge is 0.332 e. The van der Waals surface area contributed by atoms with Gasteiger partial charge in [-0.1, -0.05) is 136 Å². The quantitative estimate of drug-likeness (QED) is 0.206. The molecule has 0 radical (unpaired) electrons. The number of fused-ring (bicyclic) bond motifs is 1. The van der Waals surface area contributed by atoms with Crippen molar-refractivity contribution in [2.24, 2.45) is 29.6 Å². The largest absolute Gasteiger partial charge is 0.450 e. The molecule has 2 aromatic carbocycles. The highest BCUT2D eigenvalue weighted by atomic mass is 16.6. The van der Waals surface area contributed by atoms with Crippen molar-refractivity contribution in [2.75, 3.05) is 34.7 Å². The maximum absolute atomic E-state index is 15.3. The van der Waals surface area contributed by atoms with E-state index in [1.807, 2.05) is 57.2 Å². The molecular formula is C60H92N8O11. The van der Waals surface area contributed by atoms with Crippen LogP contribution in [0.25, 0.3) is 0 Å². The van der Waals surface area contributed by atoms with Gasteiger partial charge in [0.2, 0.25) is 41.4 Å². The van der Waals surface area contributed by atoms with Gasteiger partial charge in [0.25, 0.3) is 5.91 Å². The average molecular weight is 1100 g/mol. The van der Waals surface area contributed by atoms with Crippen molar-refractivity contribution >= 4 is 53.2 Å². The third-order valence-electron chi connectivity index (χ3n) is 15.8. The van der Waals surface area contributed by atoms with Crippen molar-refractivity contribution in [3.63, 3.8) is 0 Å². The van der Waals surface area contributed by atoms with Gasteiger partial charge in [0.1, 0.15) is 42.3 Å². The fraction of sp³-hybridized carbons (Fsp3) is 0.650. The highest BCUT2D eigenvalue weighted by Gasteiger charge is 2.48. The highest BCUT2D eigenvalue weighted by molar-refractivity contribution is 5.99. The number of amides is 8. The topological polar surface area (TPSA) is 235 Å². The molecule has 0 aliphatic carbocycles. The van der Waals surface area contributed by atoms with Crippen LogP contribution in [-0.4, -0.2) is 178 Å². The second kappa shape index (κ2) is 28.7. The average Bonchev–Trinajstić information content (AvgIpc) is 3.89. The van der Waals surface area contributed by atoms with Gasteiger partial charge < -0.3 is 50.3 Å². The van der Waals surface area contributed by atoms with Crippen molar-refractivity contribution < 1.29 is 53.0 Å². The molecule has 2 aliphatic rings. The van der Waals surface area contributed by atoms with Crippen LogP contribution < -0.4 is 16.0 Å². The molecule has 0 saturated carbocycles. The summed E-state index contributed by atoms with van der Waals surface area (Å²) < 4.78 is 6.09. The molecule has 19 heteroatoms. The van der Waals surface area contributed by atoms with Gasteiger partial charge in [0, 0.05) is 53.5 Å². The van der Waals surface area contributed by atoms with E-state index in [1.165, 1.54) is 61.6 Å². The summed E-state index contributed by atoms with van der Waals surface area (Å²) >= 11 is 0. The predicted octanol–water partition coefficient (Wildman–Crippen LogP) is 4.37. The van der Waals surface area contributed by atoms with Crippen LogP contribution in [0.1, 0.15) is 126 Å². The minimum atomic E-state index is -1.97. The number of carbonyl (C=O) groups is 9. The normalized spacial score (nSPS) is 26.5. The molecule has 4 N–H and O–H groups in total. The molecule has 0 unspecified atom stereocenters. The number of aliphatic hydroxyl groups is 1. The summed E-state index contributed by atoms with van der Waals surface area (Å²) in [5.41, 5.74) is -0.551. The van der Waals surface area contributed by atoms with E-state index in [0.29, 0.717) is 24.8 Å². The molecule has 2 aromatic rings. The summed E-state index contributed by atoms with van der Waals surface area (Å²) in [6, 6.07) is 8.11. The lowest BCUT2D eigenvalue weighted by atomic mass is 9.93. The lowest BCUT2D eigenvalue weighted by Crippen LogP contribution is -2.63. The standard InChI is InChI=1S/C60H92N8O11/c1-17-38(9)46-57(75)65(14)47(36(5)6)52(70)61-42(32-35(3)4)55(73)67(16)50(60(11,12)78)59(77)79-49(39(10)18-2)58(76)66(15)48(37(7)8)53(71)62-43(33-40-26-21-19-22-27-40)54(72)64(13)45(34-41-28-23-20-24-29-41)56(74)68-31-25-30-44(68)51(69)63-46/h19-24,26-29,35-39,42-50,78H,17-18,25,30-34H2,1-16H3,(H,61,70)(H,62,71)(H,63,69)/t38-,39-,42+,43+,44-,45+,46+,47+,48+,49-,50-/m1/s1. The van der Waals surface area contributed by atoms with Crippen LogP contribution in [0.4, 0.5) is 0 Å². The van der Waals surface area contributed by atoms with E-state index in [1.54, 1.807) is 72.7 Å². The van der Waals surface area contributed by atoms with Crippen LogP contribution in [0.2, 0.25) is 0 Å². The number of esters is 1. The summed E-state index contributed by atoms with van der Waals surface area (Å²) in [4.78, 5) is 140. The second-order valence-electron chi connectivity index (χ2n) is 23.7. The first-order valence-corrected chi connectivity index (χ1v) is 28.3. The number of rotatable bonds is 13. The molecule has 11 atom stereocenters. The molecule has 2 saturated heterocycles. The number of hydrogen-bond donors (Lipinski definition) is 4. The van der Waals surface area contributed by atoms with E-state index in [0.717, 1.165) is 10.5 Å². The van der Waals surface area contributed by atoms with Gasteiger partial charge in [0.15, 0.2) is 12.1 Å². The number of carbonyl (C=O) groups excluding carboxylic acids is 9. The molecule has 438 valence electrons. The molecule has 4 rings (SSSR count). The second-order valence-corrected chi connectivity index (χ2v) is 23.7. The highest BCUT2D eigenvalue weighted by Crippen LogP contribution is 2.27. The molecule has 2 fully saturated rings. The molecule has 0 spiro atoms. The molecule has 0 aromatic heterocycles. The Kier molecular flexibility index (Phi) is 23.6. The van der Waals surface area contributed by atoms with Gasteiger partial charge in [-0.2, -0.15) is 0 Å².